The molecule has 0 saturated carbocycles. The van der Waals surface area contributed by atoms with E-state index in [1.54, 1.807) is 11.3 Å². The average molecular weight is 245 g/mol. The van der Waals surface area contributed by atoms with Gasteiger partial charge in [0.05, 0.1) is 0 Å². The number of thiazole rings is 1. The SMILES string of the molecule is C[C@@H]1CCC[C@H](C)N1Cc1cnc(Cl)s1. The standard InChI is InChI=1S/C11H17ClN2S/c1-8-4-3-5-9(2)14(8)7-10-6-13-11(12)15-10/h6,8-9H,3-5,7H2,1-2H3/t8-,9+. The fourth-order valence-electron chi connectivity index (χ4n) is 2.32. The van der Waals surface area contributed by atoms with Crippen LogP contribution in [0.2, 0.25) is 4.47 Å². The van der Waals surface area contributed by atoms with Gasteiger partial charge in [-0.1, -0.05) is 18.0 Å². The van der Waals surface area contributed by atoms with Crippen molar-refractivity contribution in [2.45, 2.75) is 51.7 Å². The van der Waals surface area contributed by atoms with Gasteiger partial charge < -0.3 is 0 Å². The van der Waals surface area contributed by atoms with E-state index in [4.69, 9.17) is 11.6 Å². The monoisotopic (exact) mass is 244 g/mol. The summed E-state index contributed by atoms with van der Waals surface area (Å²) in [6.45, 7) is 5.64. The fraction of sp³-hybridized carbons (Fsp3) is 0.727. The van der Waals surface area contributed by atoms with Gasteiger partial charge in [-0.05, 0) is 26.7 Å². The predicted molar refractivity (Wildman–Crippen MR) is 65.4 cm³/mol. The molecule has 0 bridgehead atoms. The van der Waals surface area contributed by atoms with Crippen molar-refractivity contribution in [3.8, 4) is 0 Å². The highest BCUT2D eigenvalue weighted by molar-refractivity contribution is 7.15. The van der Waals surface area contributed by atoms with Gasteiger partial charge in [0.15, 0.2) is 4.47 Å². The van der Waals surface area contributed by atoms with E-state index >= 15 is 0 Å². The van der Waals surface area contributed by atoms with Crippen molar-refractivity contribution in [1.82, 2.24) is 9.88 Å². The van der Waals surface area contributed by atoms with E-state index in [-0.39, 0.29) is 0 Å². The molecule has 1 aromatic heterocycles. The lowest BCUT2D eigenvalue weighted by Gasteiger charge is -2.38. The molecule has 0 spiro atoms. The maximum atomic E-state index is 5.84. The first-order valence-corrected chi connectivity index (χ1v) is 6.72. The quantitative estimate of drug-likeness (QED) is 0.791. The van der Waals surface area contributed by atoms with Gasteiger partial charge in [0.1, 0.15) is 0 Å². The van der Waals surface area contributed by atoms with Crippen molar-refractivity contribution in [3.05, 3.63) is 15.5 Å². The summed E-state index contributed by atoms with van der Waals surface area (Å²) in [6, 6.07) is 1.38. The third kappa shape index (κ3) is 2.71. The molecule has 84 valence electrons. The molecule has 0 unspecified atom stereocenters. The second-order valence-corrected chi connectivity index (χ2v) is 6.08. The Morgan fingerprint density at radius 3 is 2.67 bits per heavy atom. The number of rotatable bonds is 2. The number of likely N-dealkylation sites (tertiary alicyclic amines) is 1. The van der Waals surface area contributed by atoms with E-state index in [0.717, 1.165) is 6.54 Å². The Morgan fingerprint density at radius 2 is 2.13 bits per heavy atom. The zero-order chi connectivity index (χ0) is 10.8. The molecule has 2 rings (SSSR count). The molecule has 0 N–H and O–H groups in total. The first-order valence-electron chi connectivity index (χ1n) is 5.53. The highest BCUT2D eigenvalue weighted by atomic mass is 35.5. The zero-order valence-electron chi connectivity index (χ0n) is 9.24. The van der Waals surface area contributed by atoms with Crippen molar-refractivity contribution in [2.75, 3.05) is 0 Å². The van der Waals surface area contributed by atoms with Crippen LogP contribution in [-0.2, 0) is 6.54 Å². The molecular weight excluding hydrogens is 228 g/mol. The second kappa shape index (κ2) is 4.81. The average Bonchev–Trinajstić information content (AvgIpc) is 2.58. The Kier molecular flexibility index (Phi) is 3.65. The molecule has 15 heavy (non-hydrogen) atoms. The van der Waals surface area contributed by atoms with Crippen LogP contribution in [-0.4, -0.2) is 22.0 Å². The van der Waals surface area contributed by atoms with Gasteiger partial charge in [0.25, 0.3) is 0 Å². The van der Waals surface area contributed by atoms with Gasteiger partial charge in [-0.3, -0.25) is 4.90 Å². The summed E-state index contributed by atoms with van der Waals surface area (Å²) in [5.41, 5.74) is 0. The maximum Gasteiger partial charge on any atom is 0.183 e. The number of nitrogens with zero attached hydrogens (tertiary/aromatic N) is 2. The van der Waals surface area contributed by atoms with E-state index in [1.807, 2.05) is 6.20 Å². The van der Waals surface area contributed by atoms with Crippen LogP contribution < -0.4 is 0 Å². The van der Waals surface area contributed by atoms with E-state index in [9.17, 15) is 0 Å². The van der Waals surface area contributed by atoms with Crippen LogP contribution in [0.4, 0.5) is 0 Å². The molecule has 1 fully saturated rings. The molecule has 0 amide bonds. The Morgan fingerprint density at radius 1 is 1.47 bits per heavy atom. The van der Waals surface area contributed by atoms with E-state index in [0.29, 0.717) is 16.6 Å². The van der Waals surface area contributed by atoms with Gasteiger partial charge >= 0.3 is 0 Å². The van der Waals surface area contributed by atoms with Crippen LogP contribution in [0.3, 0.4) is 0 Å². The van der Waals surface area contributed by atoms with Crippen molar-refractivity contribution in [2.24, 2.45) is 0 Å². The van der Waals surface area contributed by atoms with Gasteiger partial charge in [-0.2, -0.15) is 0 Å². The molecule has 0 radical (unpaired) electrons. The molecule has 2 atom stereocenters. The van der Waals surface area contributed by atoms with Gasteiger partial charge in [0, 0.05) is 29.7 Å². The largest absolute Gasteiger partial charge is 0.293 e. The normalized spacial score (nSPS) is 28.2. The fourth-order valence-corrected chi connectivity index (χ4v) is 3.31. The van der Waals surface area contributed by atoms with Gasteiger partial charge in [0.2, 0.25) is 0 Å². The van der Waals surface area contributed by atoms with Crippen LogP contribution in [0.5, 0.6) is 0 Å². The molecule has 2 heterocycles. The Hall–Kier alpha value is -0.120. The second-order valence-electron chi connectivity index (χ2n) is 4.38. The van der Waals surface area contributed by atoms with Gasteiger partial charge in [-0.15, -0.1) is 11.3 Å². The number of halogens is 1. The number of piperidine rings is 1. The third-order valence-corrected chi connectivity index (χ3v) is 4.34. The minimum absolute atomic E-state index is 0.655. The Labute approximate surface area is 100 Å². The maximum absolute atomic E-state index is 5.84. The molecule has 4 heteroatoms. The molecule has 2 nitrogen and oxygen atoms in total. The van der Waals surface area contributed by atoms with Crippen LogP contribution in [0, 0.1) is 0 Å². The molecular formula is C11H17ClN2S. The van der Waals surface area contributed by atoms with Crippen LogP contribution in [0.1, 0.15) is 38.0 Å². The summed E-state index contributed by atoms with van der Waals surface area (Å²) < 4.78 is 0.655. The topological polar surface area (TPSA) is 16.1 Å². The zero-order valence-corrected chi connectivity index (χ0v) is 10.8. The number of hydrogen-bond donors (Lipinski definition) is 0. The van der Waals surface area contributed by atoms with Crippen LogP contribution >= 0.6 is 22.9 Å². The summed E-state index contributed by atoms with van der Waals surface area (Å²) in [5.74, 6) is 0. The van der Waals surface area contributed by atoms with Gasteiger partial charge in [-0.25, -0.2) is 4.98 Å². The van der Waals surface area contributed by atoms with Crippen molar-refractivity contribution < 1.29 is 0 Å². The first kappa shape index (κ1) is 11.4. The Bertz CT molecular complexity index is 316. The molecule has 1 aliphatic heterocycles. The smallest absolute Gasteiger partial charge is 0.183 e. The molecule has 0 aliphatic carbocycles. The van der Waals surface area contributed by atoms with Crippen LogP contribution in [0.15, 0.2) is 6.20 Å². The van der Waals surface area contributed by atoms with E-state index in [1.165, 1.54) is 24.1 Å². The lowest BCUT2D eigenvalue weighted by molar-refractivity contribution is 0.0964. The molecule has 1 aromatic rings. The minimum atomic E-state index is 0.655. The van der Waals surface area contributed by atoms with Crippen molar-refractivity contribution in [3.63, 3.8) is 0 Å². The summed E-state index contributed by atoms with van der Waals surface area (Å²) in [6.07, 6.45) is 5.90. The highest BCUT2D eigenvalue weighted by Crippen LogP contribution is 2.27. The summed E-state index contributed by atoms with van der Waals surface area (Å²) in [5, 5.41) is 0. The first-order chi connectivity index (χ1) is 7.16. The number of hydrogen-bond acceptors (Lipinski definition) is 3. The predicted octanol–water partition coefficient (Wildman–Crippen LogP) is 3.56. The minimum Gasteiger partial charge on any atom is -0.293 e. The third-order valence-electron chi connectivity index (χ3n) is 3.24. The summed E-state index contributed by atoms with van der Waals surface area (Å²) >= 11 is 7.44. The van der Waals surface area contributed by atoms with Crippen molar-refractivity contribution >= 4 is 22.9 Å². The van der Waals surface area contributed by atoms with Crippen LogP contribution in [0.25, 0.3) is 0 Å². The van der Waals surface area contributed by atoms with E-state index in [2.05, 4.69) is 23.7 Å². The lowest BCUT2D eigenvalue weighted by atomic mass is 9.97. The van der Waals surface area contributed by atoms with E-state index < -0.39 is 0 Å². The number of aromatic nitrogens is 1. The molecule has 1 saturated heterocycles. The Balaban J connectivity index is 2.03. The van der Waals surface area contributed by atoms with Crippen molar-refractivity contribution in [1.29, 1.82) is 0 Å². The molecule has 1 aliphatic rings. The lowest BCUT2D eigenvalue weighted by Crippen LogP contribution is -2.42. The summed E-state index contributed by atoms with van der Waals surface area (Å²) in [4.78, 5) is 7.93. The highest BCUT2D eigenvalue weighted by Gasteiger charge is 2.24. The summed E-state index contributed by atoms with van der Waals surface area (Å²) in [7, 11) is 0. The molecule has 0 aromatic carbocycles.